The van der Waals surface area contributed by atoms with Gasteiger partial charge < -0.3 is 10.1 Å². The van der Waals surface area contributed by atoms with E-state index >= 15 is 0 Å². The number of benzene rings is 2. The zero-order valence-corrected chi connectivity index (χ0v) is 20.4. The number of nitrogens with one attached hydrogen (secondary N) is 1. The van der Waals surface area contributed by atoms with Gasteiger partial charge in [-0.15, -0.1) is 0 Å². The van der Waals surface area contributed by atoms with Crippen molar-refractivity contribution < 1.29 is 22.7 Å². The molecular weight excluding hydrogens is 533 g/mol. The first kappa shape index (κ1) is 23.2. The Balaban J connectivity index is 2.15. The number of hydrogen-bond acceptors (Lipinski definition) is 6. The van der Waals surface area contributed by atoms with Crippen LogP contribution in [-0.4, -0.2) is 42.3 Å². The highest BCUT2D eigenvalue weighted by Crippen LogP contribution is 2.29. The average molecular weight is 555 g/mol. The van der Waals surface area contributed by atoms with Crippen LogP contribution in [0.4, 0.5) is 4.79 Å². The summed E-state index contributed by atoms with van der Waals surface area (Å²) in [6.45, 7) is 7.32. The van der Waals surface area contributed by atoms with Crippen LogP contribution in [0, 0.1) is 3.70 Å². The summed E-state index contributed by atoms with van der Waals surface area (Å²) in [5.74, 6) is -0.476. The van der Waals surface area contributed by atoms with E-state index in [0.717, 1.165) is 4.68 Å². The molecule has 0 bridgehead atoms. The maximum absolute atomic E-state index is 13.4. The maximum Gasteiger partial charge on any atom is 0.435 e. The first-order valence-electron chi connectivity index (χ1n) is 9.49. The van der Waals surface area contributed by atoms with Crippen LogP contribution in [0.25, 0.3) is 10.9 Å². The van der Waals surface area contributed by atoms with Gasteiger partial charge in [0, 0.05) is 11.9 Å². The van der Waals surface area contributed by atoms with Crippen LogP contribution in [0.15, 0.2) is 52.3 Å². The number of amides is 1. The number of aromatic nitrogens is 2. The monoisotopic (exact) mass is 555 g/mol. The SMILES string of the molecule is CCNC(=O)c1ccccc1S(=O)(=O)c1ccc2c(I)nn(C(=O)OC(C)(C)C)c2c1. The van der Waals surface area contributed by atoms with Crippen molar-refractivity contribution in [2.24, 2.45) is 0 Å². The molecule has 1 amide bonds. The molecule has 164 valence electrons. The topological polar surface area (TPSA) is 107 Å². The number of fused-ring (bicyclic) bond motifs is 1. The molecule has 8 nitrogen and oxygen atoms in total. The van der Waals surface area contributed by atoms with E-state index in [1.165, 1.54) is 24.3 Å². The van der Waals surface area contributed by atoms with E-state index in [-0.39, 0.29) is 15.4 Å². The first-order chi connectivity index (χ1) is 14.5. The molecule has 0 aliphatic carbocycles. The third-order valence-electron chi connectivity index (χ3n) is 4.24. The molecule has 0 spiro atoms. The summed E-state index contributed by atoms with van der Waals surface area (Å²) in [6, 6.07) is 10.4. The van der Waals surface area contributed by atoms with Crippen LogP contribution in [0.1, 0.15) is 38.1 Å². The fourth-order valence-electron chi connectivity index (χ4n) is 2.94. The predicted octanol–water partition coefficient (Wildman–Crippen LogP) is 4.01. The molecule has 31 heavy (non-hydrogen) atoms. The van der Waals surface area contributed by atoms with Gasteiger partial charge in [0.1, 0.15) is 9.30 Å². The Kier molecular flexibility index (Phi) is 6.42. The lowest BCUT2D eigenvalue weighted by atomic mass is 10.2. The number of carbonyl (C=O) groups is 2. The van der Waals surface area contributed by atoms with Gasteiger partial charge in [0.15, 0.2) is 0 Å². The van der Waals surface area contributed by atoms with Gasteiger partial charge in [-0.25, -0.2) is 13.2 Å². The molecule has 0 aliphatic heterocycles. The van der Waals surface area contributed by atoms with Crippen LogP contribution in [0.3, 0.4) is 0 Å². The van der Waals surface area contributed by atoms with Gasteiger partial charge in [-0.2, -0.15) is 9.78 Å². The summed E-state index contributed by atoms with van der Waals surface area (Å²) >= 11 is 1.97. The van der Waals surface area contributed by atoms with Crippen LogP contribution in [0.2, 0.25) is 0 Å². The highest BCUT2D eigenvalue weighted by molar-refractivity contribution is 14.1. The second-order valence-corrected chi connectivity index (χ2v) is 10.7. The van der Waals surface area contributed by atoms with E-state index in [1.807, 2.05) is 22.6 Å². The quantitative estimate of drug-likeness (QED) is 0.488. The molecular formula is C21H22IN3O5S. The smallest absolute Gasteiger partial charge is 0.435 e. The molecule has 0 aliphatic rings. The number of sulfone groups is 1. The van der Waals surface area contributed by atoms with Crippen molar-refractivity contribution in [3.05, 3.63) is 51.7 Å². The van der Waals surface area contributed by atoms with E-state index in [9.17, 15) is 18.0 Å². The van der Waals surface area contributed by atoms with Gasteiger partial charge >= 0.3 is 6.09 Å². The minimum absolute atomic E-state index is 0.0553. The molecule has 3 rings (SSSR count). The Hall–Kier alpha value is -2.47. The van der Waals surface area contributed by atoms with Gasteiger partial charge in [-0.05, 0) is 80.6 Å². The second kappa shape index (κ2) is 8.58. The van der Waals surface area contributed by atoms with Crippen molar-refractivity contribution >= 4 is 55.3 Å². The Morgan fingerprint density at radius 2 is 1.84 bits per heavy atom. The molecule has 3 aromatic rings. The van der Waals surface area contributed by atoms with E-state index in [1.54, 1.807) is 45.9 Å². The molecule has 2 aromatic carbocycles. The molecule has 1 aromatic heterocycles. The summed E-state index contributed by atoms with van der Waals surface area (Å²) in [5.41, 5.74) is -0.384. The summed E-state index contributed by atoms with van der Waals surface area (Å²) in [5, 5.41) is 7.45. The van der Waals surface area contributed by atoms with Crippen molar-refractivity contribution in [1.29, 1.82) is 0 Å². The van der Waals surface area contributed by atoms with E-state index in [2.05, 4.69) is 10.4 Å². The zero-order chi connectivity index (χ0) is 23.0. The minimum atomic E-state index is -4.05. The second-order valence-electron chi connectivity index (χ2n) is 7.72. The molecule has 1 heterocycles. The maximum atomic E-state index is 13.4. The molecule has 0 radical (unpaired) electrons. The fraction of sp³-hybridized carbons (Fsp3) is 0.286. The van der Waals surface area contributed by atoms with Gasteiger partial charge in [0.05, 0.1) is 20.9 Å². The Morgan fingerprint density at radius 1 is 1.16 bits per heavy atom. The van der Waals surface area contributed by atoms with Gasteiger partial charge in [-0.3, -0.25) is 4.79 Å². The highest BCUT2D eigenvalue weighted by Gasteiger charge is 2.27. The van der Waals surface area contributed by atoms with E-state index in [4.69, 9.17) is 4.74 Å². The minimum Gasteiger partial charge on any atom is -0.442 e. The predicted molar refractivity (Wildman–Crippen MR) is 124 cm³/mol. The summed E-state index contributed by atoms with van der Waals surface area (Å²) in [7, 11) is -4.05. The number of ether oxygens (including phenoxy) is 1. The molecule has 10 heteroatoms. The van der Waals surface area contributed by atoms with Gasteiger partial charge in [0.25, 0.3) is 5.91 Å². The largest absolute Gasteiger partial charge is 0.442 e. The summed E-state index contributed by atoms with van der Waals surface area (Å²) in [6.07, 6.45) is -0.710. The fourth-order valence-corrected chi connectivity index (χ4v) is 5.09. The van der Waals surface area contributed by atoms with Crippen molar-refractivity contribution in [1.82, 2.24) is 15.1 Å². The van der Waals surface area contributed by atoms with Crippen LogP contribution in [0.5, 0.6) is 0 Å². The summed E-state index contributed by atoms with van der Waals surface area (Å²) < 4.78 is 33.8. The molecule has 0 atom stereocenters. The third-order valence-corrected chi connectivity index (χ3v) is 6.85. The van der Waals surface area contributed by atoms with Crippen molar-refractivity contribution in [2.75, 3.05) is 6.54 Å². The van der Waals surface area contributed by atoms with Crippen LogP contribution in [-0.2, 0) is 14.6 Å². The normalized spacial score (nSPS) is 12.0. The van der Waals surface area contributed by atoms with Crippen LogP contribution >= 0.6 is 22.6 Å². The number of hydrogen-bond donors (Lipinski definition) is 1. The lowest BCUT2D eigenvalue weighted by molar-refractivity contribution is 0.0522. The van der Waals surface area contributed by atoms with Crippen LogP contribution < -0.4 is 5.32 Å². The number of carbonyl (C=O) groups excluding carboxylic acids is 2. The average Bonchev–Trinajstić information content (AvgIpc) is 3.03. The van der Waals surface area contributed by atoms with E-state index < -0.39 is 27.4 Å². The molecule has 0 saturated heterocycles. The first-order valence-corrected chi connectivity index (χ1v) is 12.1. The number of rotatable bonds is 4. The highest BCUT2D eigenvalue weighted by atomic mass is 127. The standard InChI is InChI=1S/C21H22IN3O5S/c1-5-23-19(26)15-8-6-7-9-17(15)31(28,29)13-10-11-14-16(12-13)25(24-18(14)22)20(27)30-21(2,3)4/h6-12H,5H2,1-4H3,(H,23,26). The third kappa shape index (κ3) is 4.74. The Bertz CT molecular complexity index is 1280. The summed E-state index contributed by atoms with van der Waals surface area (Å²) in [4.78, 5) is 24.8. The van der Waals surface area contributed by atoms with Crippen molar-refractivity contribution in [3.8, 4) is 0 Å². The molecule has 0 unspecified atom stereocenters. The van der Waals surface area contributed by atoms with Crippen molar-refractivity contribution in [3.63, 3.8) is 0 Å². The van der Waals surface area contributed by atoms with Crippen molar-refractivity contribution in [2.45, 2.75) is 43.1 Å². The lowest BCUT2D eigenvalue weighted by Crippen LogP contribution is -2.27. The lowest BCUT2D eigenvalue weighted by Gasteiger charge is -2.19. The number of nitrogens with zero attached hydrogens (tertiary/aromatic N) is 2. The number of halogens is 1. The Morgan fingerprint density at radius 3 is 2.48 bits per heavy atom. The van der Waals surface area contributed by atoms with E-state index in [0.29, 0.717) is 21.1 Å². The molecule has 1 N–H and O–H groups in total. The van der Waals surface area contributed by atoms with Gasteiger partial charge in [-0.1, -0.05) is 12.1 Å². The van der Waals surface area contributed by atoms with Gasteiger partial charge in [0.2, 0.25) is 9.84 Å². The zero-order valence-electron chi connectivity index (χ0n) is 17.5. The Labute approximate surface area is 194 Å². The molecule has 0 fully saturated rings. The molecule has 0 saturated carbocycles.